The van der Waals surface area contributed by atoms with Crippen molar-refractivity contribution < 1.29 is 8.78 Å². The number of para-hydroxylation sites is 1. The van der Waals surface area contributed by atoms with Crippen LogP contribution in [0.3, 0.4) is 0 Å². The van der Waals surface area contributed by atoms with E-state index in [0.717, 1.165) is 5.56 Å². The highest BCUT2D eigenvalue weighted by atomic mass is 35.5. The topological polar surface area (TPSA) is 12.0 Å². The predicted molar refractivity (Wildman–Crippen MR) is 65.1 cm³/mol. The van der Waals surface area contributed by atoms with Crippen molar-refractivity contribution in [2.45, 2.75) is 6.54 Å². The number of benzene rings is 2. The lowest BCUT2D eigenvalue weighted by Gasteiger charge is -2.08. The molecule has 0 radical (unpaired) electrons. The van der Waals surface area contributed by atoms with Gasteiger partial charge >= 0.3 is 0 Å². The largest absolute Gasteiger partial charge is 0.376 e. The molecule has 0 heterocycles. The minimum Gasteiger partial charge on any atom is -0.376 e. The molecule has 0 amide bonds. The van der Waals surface area contributed by atoms with Crippen molar-refractivity contribution >= 4 is 17.3 Å². The first kappa shape index (κ1) is 11.9. The van der Waals surface area contributed by atoms with Gasteiger partial charge in [-0.3, -0.25) is 0 Å². The van der Waals surface area contributed by atoms with E-state index in [9.17, 15) is 8.78 Å². The molecule has 0 atom stereocenters. The van der Waals surface area contributed by atoms with E-state index in [1.807, 2.05) is 6.07 Å². The van der Waals surface area contributed by atoms with E-state index < -0.39 is 11.6 Å². The van der Waals surface area contributed by atoms with Gasteiger partial charge in [0.1, 0.15) is 17.3 Å². The third kappa shape index (κ3) is 2.94. The first-order valence-electron chi connectivity index (χ1n) is 5.09. The molecule has 88 valence electrons. The second-order valence-electron chi connectivity index (χ2n) is 3.58. The van der Waals surface area contributed by atoms with E-state index in [2.05, 4.69) is 5.32 Å². The van der Waals surface area contributed by atoms with Crippen LogP contribution in [0.4, 0.5) is 14.5 Å². The lowest BCUT2D eigenvalue weighted by molar-refractivity contribution is 0.588. The Morgan fingerprint density at radius 2 is 1.65 bits per heavy atom. The van der Waals surface area contributed by atoms with Gasteiger partial charge in [0.25, 0.3) is 0 Å². The highest BCUT2D eigenvalue weighted by Crippen LogP contribution is 2.19. The third-order valence-corrected chi connectivity index (χ3v) is 2.56. The monoisotopic (exact) mass is 253 g/mol. The third-order valence-electron chi connectivity index (χ3n) is 2.32. The maximum absolute atomic E-state index is 13.3. The van der Waals surface area contributed by atoms with Gasteiger partial charge in [-0.1, -0.05) is 29.8 Å². The fourth-order valence-electron chi connectivity index (χ4n) is 1.50. The zero-order chi connectivity index (χ0) is 12.3. The number of rotatable bonds is 3. The summed E-state index contributed by atoms with van der Waals surface area (Å²) in [4.78, 5) is 0. The second kappa shape index (κ2) is 5.15. The molecule has 2 aromatic rings. The highest BCUT2D eigenvalue weighted by molar-refractivity contribution is 6.30. The quantitative estimate of drug-likeness (QED) is 0.863. The van der Waals surface area contributed by atoms with Gasteiger partial charge in [0.2, 0.25) is 0 Å². The Labute approximate surface area is 103 Å². The molecule has 1 nitrogen and oxygen atoms in total. The van der Waals surface area contributed by atoms with Crippen LogP contribution in [-0.2, 0) is 6.54 Å². The van der Waals surface area contributed by atoms with Gasteiger partial charge in [0.05, 0.1) is 0 Å². The summed E-state index contributed by atoms with van der Waals surface area (Å²) in [6.45, 7) is 0.318. The van der Waals surface area contributed by atoms with Gasteiger partial charge in [0.15, 0.2) is 0 Å². The maximum Gasteiger partial charge on any atom is 0.149 e. The Bertz CT molecular complexity index is 508. The normalized spacial score (nSPS) is 10.3. The summed E-state index contributed by atoms with van der Waals surface area (Å²) in [6, 6.07) is 10.9. The molecule has 2 aromatic carbocycles. The van der Waals surface area contributed by atoms with Crippen LogP contribution in [-0.4, -0.2) is 0 Å². The Hall–Kier alpha value is -1.61. The second-order valence-corrected chi connectivity index (χ2v) is 4.02. The van der Waals surface area contributed by atoms with E-state index in [4.69, 9.17) is 11.6 Å². The van der Waals surface area contributed by atoms with Crippen LogP contribution in [0.5, 0.6) is 0 Å². The summed E-state index contributed by atoms with van der Waals surface area (Å²) in [7, 11) is 0. The molecule has 4 heteroatoms. The van der Waals surface area contributed by atoms with E-state index >= 15 is 0 Å². The molecule has 0 saturated carbocycles. The maximum atomic E-state index is 13.3. The first-order valence-corrected chi connectivity index (χ1v) is 5.47. The number of hydrogen-bond donors (Lipinski definition) is 1. The fourth-order valence-corrected chi connectivity index (χ4v) is 1.72. The molecule has 0 aliphatic rings. The Morgan fingerprint density at radius 1 is 1.00 bits per heavy atom. The van der Waals surface area contributed by atoms with Crippen molar-refractivity contribution in [2.24, 2.45) is 0 Å². The molecule has 0 saturated heterocycles. The summed E-state index contributed by atoms with van der Waals surface area (Å²) in [5, 5.41) is 3.31. The summed E-state index contributed by atoms with van der Waals surface area (Å²) in [5.74, 6) is -1.21. The summed E-state index contributed by atoms with van der Waals surface area (Å²) in [6.07, 6.45) is 0. The first-order chi connectivity index (χ1) is 8.16. The van der Waals surface area contributed by atoms with Crippen LogP contribution in [0.15, 0.2) is 42.5 Å². The number of nitrogens with one attached hydrogen (secondary N) is 1. The minimum atomic E-state index is -0.605. The van der Waals surface area contributed by atoms with E-state index in [0.29, 0.717) is 11.6 Å². The smallest absolute Gasteiger partial charge is 0.149 e. The Balaban J connectivity index is 2.13. The van der Waals surface area contributed by atoms with Crippen molar-refractivity contribution in [1.29, 1.82) is 0 Å². The van der Waals surface area contributed by atoms with Crippen molar-refractivity contribution in [3.05, 3.63) is 64.7 Å². The van der Waals surface area contributed by atoms with Crippen LogP contribution < -0.4 is 5.32 Å². The molecular formula is C13H10ClF2N. The van der Waals surface area contributed by atoms with Gasteiger partial charge in [-0.25, -0.2) is 8.78 Å². The van der Waals surface area contributed by atoms with Gasteiger partial charge in [-0.15, -0.1) is 0 Å². The summed E-state index contributed by atoms with van der Waals surface area (Å²) >= 11 is 5.81. The standard InChI is InChI=1S/C13H10ClF2N/c14-10-4-1-3-9(7-10)8-17-13-11(15)5-2-6-12(13)16/h1-7,17H,8H2. The van der Waals surface area contributed by atoms with Crippen LogP contribution >= 0.6 is 11.6 Å². The number of anilines is 1. The molecule has 1 N–H and O–H groups in total. The summed E-state index contributed by atoms with van der Waals surface area (Å²) in [5.41, 5.74) is 0.743. The molecule has 0 aromatic heterocycles. The zero-order valence-electron chi connectivity index (χ0n) is 8.88. The molecule has 0 aliphatic heterocycles. The SMILES string of the molecule is Fc1cccc(F)c1NCc1cccc(Cl)c1. The van der Waals surface area contributed by atoms with Gasteiger partial charge in [0, 0.05) is 11.6 Å². The van der Waals surface area contributed by atoms with Gasteiger partial charge < -0.3 is 5.32 Å². The highest BCUT2D eigenvalue weighted by Gasteiger charge is 2.07. The van der Waals surface area contributed by atoms with Crippen LogP contribution in [0, 0.1) is 11.6 Å². The molecule has 2 rings (SSSR count). The van der Waals surface area contributed by atoms with Crippen molar-refractivity contribution in [2.75, 3.05) is 5.32 Å². The fraction of sp³-hybridized carbons (Fsp3) is 0.0769. The lowest BCUT2D eigenvalue weighted by atomic mass is 10.2. The Morgan fingerprint density at radius 3 is 2.29 bits per heavy atom. The van der Waals surface area contributed by atoms with Gasteiger partial charge in [-0.2, -0.15) is 0 Å². The van der Waals surface area contributed by atoms with Crippen LogP contribution in [0.25, 0.3) is 0 Å². The van der Waals surface area contributed by atoms with Crippen LogP contribution in [0.1, 0.15) is 5.56 Å². The van der Waals surface area contributed by atoms with Crippen molar-refractivity contribution in [3.63, 3.8) is 0 Å². The molecule has 0 fully saturated rings. The molecule has 0 spiro atoms. The molecular weight excluding hydrogens is 244 g/mol. The predicted octanol–water partition coefficient (Wildman–Crippen LogP) is 4.23. The molecule has 17 heavy (non-hydrogen) atoms. The average molecular weight is 254 g/mol. The minimum absolute atomic E-state index is 0.118. The number of halogens is 3. The molecule has 0 unspecified atom stereocenters. The molecule has 0 aliphatic carbocycles. The summed E-state index contributed by atoms with van der Waals surface area (Å²) < 4.78 is 26.6. The lowest BCUT2D eigenvalue weighted by Crippen LogP contribution is -2.03. The van der Waals surface area contributed by atoms with Crippen molar-refractivity contribution in [3.8, 4) is 0 Å². The molecule has 0 bridgehead atoms. The van der Waals surface area contributed by atoms with Crippen LogP contribution in [0.2, 0.25) is 5.02 Å². The van der Waals surface area contributed by atoms with E-state index in [-0.39, 0.29) is 5.69 Å². The Kier molecular flexibility index (Phi) is 3.59. The average Bonchev–Trinajstić information content (AvgIpc) is 2.28. The van der Waals surface area contributed by atoms with E-state index in [1.165, 1.54) is 18.2 Å². The van der Waals surface area contributed by atoms with Gasteiger partial charge in [-0.05, 0) is 29.8 Å². The zero-order valence-corrected chi connectivity index (χ0v) is 9.64. The van der Waals surface area contributed by atoms with E-state index in [1.54, 1.807) is 18.2 Å². The number of hydrogen-bond acceptors (Lipinski definition) is 1. The van der Waals surface area contributed by atoms with Crippen molar-refractivity contribution in [1.82, 2.24) is 0 Å².